The molecule has 0 aliphatic rings. The molecular weight excluding hydrogens is 282 g/mol. The third-order valence-electron chi connectivity index (χ3n) is 3.50. The lowest BCUT2D eigenvalue weighted by molar-refractivity contribution is 0.277. The molecule has 0 saturated carbocycles. The van der Waals surface area contributed by atoms with Crippen LogP contribution in [0.3, 0.4) is 0 Å². The van der Waals surface area contributed by atoms with E-state index in [2.05, 4.69) is 22.8 Å². The highest BCUT2D eigenvalue weighted by atomic mass is 32.1. The maximum absolute atomic E-state index is 9.74. The van der Waals surface area contributed by atoms with Gasteiger partial charge in [0.1, 0.15) is 5.75 Å². The zero-order valence-electron chi connectivity index (χ0n) is 11.7. The zero-order chi connectivity index (χ0) is 14.7. The van der Waals surface area contributed by atoms with Crippen LogP contribution in [0.2, 0.25) is 0 Å². The van der Waals surface area contributed by atoms with Gasteiger partial charge in [-0.25, -0.2) is 0 Å². The third kappa shape index (κ3) is 2.86. The molecule has 4 heteroatoms. The minimum atomic E-state index is -0.116. The molecule has 3 aromatic rings. The molecule has 2 N–H and O–H groups in total. The molecule has 1 aromatic heterocycles. The Kier molecular flexibility index (Phi) is 4.08. The predicted molar refractivity (Wildman–Crippen MR) is 88.3 cm³/mol. The van der Waals surface area contributed by atoms with Gasteiger partial charge in [-0.2, -0.15) is 0 Å². The molecule has 0 aliphatic heterocycles. The zero-order valence-corrected chi connectivity index (χ0v) is 12.6. The van der Waals surface area contributed by atoms with Gasteiger partial charge >= 0.3 is 0 Å². The van der Waals surface area contributed by atoms with E-state index in [0.717, 1.165) is 17.0 Å². The van der Waals surface area contributed by atoms with Crippen LogP contribution in [0.1, 0.15) is 11.6 Å². The Morgan fingerprint density at radius 1 is 1.14 bits per heavy atom. The van der Waals surface area contributed by atoms with Crippen molar-refractivity contribution >= 4 is 27.1 Å². The summed E-state index contributed by atoms with van der Waals surface area (Å²) in [5.74, 6) is 0.821. The summed E-state index contributed by atoms with van der Waals surface area (Å²) in [6, 6.07) is 15.9. The minimum Gasteiger partial charge on any atom is -0.497 e. The number of fused-ring (bicyclic) bond motifs is 1. The number of rotatable bonds is 5. The van der Waals surface area contributed by atoms with Crippen molar-refractivity contribution in [1.82, 2.24) is 0 Å². The van der Waals surface area contributed by atoms with E-state index < -0.39 is 0 Å². The van der Waals surface area contributed by atoms with Crippen LogP contribution >= 0.6 is 11.3 Å². The smallest absolute Gasteiger partial charge is 0.119 e. The maximum atomic E-state index is 9.74. The van der Waals surface area contributed by atoms with Crippen LogP contribution in [-0.2, 0) is 0 Å². The molecule has 3 nitrogen and oxygen atoms in total. The molecule has 0 fully saturated rings. The molecular formula is C17H17NO2S. The standard InChI is InChI=1S/C17H17NO2S/c1-20-13-8-6-12(7-9-13)18-16(10-19)15-11-21-17-5-3-2-4-14(15)17/h2-9,11,16,18-19H,10H2,1H3. The molecule has 0 radical (unpaired) electrons. The summed E-state index contributed by atoms with van der Waals surface area (Å²) >= 11 is 1.70. The summed E-state index contributed by atoms with van der Waals surface area (Å²) < 4.78 is 6.39. The molecule has 0 aliphatic carbocycles. The van der Waals surface area contributed by atoms with Crippen molar-refractivity contribution in [2.75, 3.05) is 19.0 Å². The Morgan fingerprint density at radius 2 is 1.90 bits per heavy atom. The quantitative estimate of drug-likeness (QED) is 0.746. The van der Waals surface area contributed by atoms with Gasteiger partial charge in [0.25, 0.3) is 0 Å². The van der Waals surface area contributed by atoms with Crippen LogP contribution in [-0.4, -0.2) is 18.8 Å². The van der Waals surface area contributed by atoms with Crippen molar-refractivity contribution in [2.24, 2.45) is 0 Å². The number of anilines is 1. The molecule has 0 bridgehead atoms. The number of nitrogens with one attached hydrogen (secondary N) is 1. The number of aliphatic hydroxyl groups is 1. The van der Waals surface area contributed by atoms with E-state index >= 15 is 0 Å². The van der Waals surface area contributed by atoms with Gasteiger partial charge in [0.05, 0.1) is 19.8 Å². The van der Waals surface area contributed by atoms with Crippen molar-refractivity contribution < 1.29 is 9.84 Å². The summed E-state index contributed by atoms with van der Waals surface area (Å²) in [6.07, 6.45) is 0. The number of hydrogen-bond donors (Lipinski definition) is 2. The van der Waals surface area contributed by atoms with Gasteiger partial charge in [-0.1, -0.05) is 18.2 Å². The number of methoxy groups -OCH3 is 1. The van der Waals surface area contributed by atoms with Gasteiger partial charge in [0.15, 0.2) is 0 Å². The Bertz CT molecular complexity index is 721. The Hall–Kier alpha value is -2.04. The molecule has 0 saturated heterocycles. The second-order valence-electron chi connectivity index (χ2n) is 4.80. The average molecular weight is 299 g/mol. The maximum Gasteiger partial charge on any atom is 0.119 e. The highest BCUT2D eigenvalue weighted by Crippen LogP contribution is 2.32. The summed E-state index contributed by atoms with van der Waals surface area (Å²) in [5, 5.41) is 16.4. The Morgan fingerprint density at radius 3 is 2.62 bits per heavy atom. The topological polar surface area (TPSA) is 41.5 Å². The first-order valence-electron chi connectivity index (χ1n) is 6.79. The predicted octanol–water partition coefficient (Wildman–Crippen LogP) is 4.06. The van der Waals surface area contributed by atoms with E-state index in [-0.39, 0.29) is 12.6 Å². The van der Waals surface area contributed by atoms with Gasteiger partial charge in [-0.05, 0) is 46.7 Å². The summed E-state index contributed by atoms with van der Waals surface area (Å²) in [5.41, 5.74) is 2.10. The fraction of sp³-hybridized carbons (Fsp3) is 0.176. The van der Waals surface area contributed by atoms with Crippen molar-refractivity contribution in [3.05, 3.63) is 59.5 Å². The van der Waals surface area contributed by atoms with Gasteiger partial charge < -0.3 is 15.2 Å². The largest absolute Gasteiger partial charge is 0.497 e. The Balaban J connectivity index is 1.87. The second-order valence-corrected chi connectivity index (χ2v) is 5.71. The number of thiophene rings is 1. The van der Waals surface area contributed by atoms with Crippen molar-refractivity contribution in [1.29, 1.82) is 0 Å². The molecule has 1 unspecified atom stereocenters. The molecule has 1 heterocycles. The number of hydrogen-bond acceptors (Lipinski definition) is 4. The molecule has 0 spiro atoms. The molecule has 2 aromatic carbocycles. The third-order valence-corrected chi connectivity index (χ3v) is 4.48. The van der Waals surface area contributed by atoms with Crippen LogP contribution < -0.4 is 10.1 Å². The van der Waals surface area contributed by atoms with E-state index in [9.17, 15) is 5.11 Å². The van der Waals surface area contributed by atoms with Crippen molar-refractivity contribution in [3.63, 3.8) is 0 Å². The van der Waals surface area contributed by atoms with Gasteiger partial charge in [0, 0.05) is 10.4 Å². The normalized spacial score (nSPS) is 12.3. The molecule has 0 amide bonds. The summed E-state index contributed by atoms with van der Waals surface area (Å²) in [4.78, 5) is 0. The fourth-order valence-corrected chi connectivity index (χ4v) is 3.39. The highest BCUT2D eigenvalue weighted by molar-refractivity contribution is 7.17. The van der Waals surface area contributed by atoms with Crippen LogP contribution in [0, 0.1) is 0 Å². The van der Waals surface area contributed by atoms with E-state index in [0.29, 0.717) is 0 Å². The molecule has 108 valence electrons. The summed E-state index contributed by atoms with van der Waals surface area (Å²) in [6.45, 7) is 0.0484. The van der Waals surface area contributed by atoms with Crippen LogP contribution in [0.4, 0.5) is 5.69 Å². The van der Waals surface area contributed by atoms with Crippen LogP contribution in [0.25, 0.3) is 10.1 Å². The van der Waals surface area contributed by atoms with E-state index in [1.165, 1.54) is 10.1 Å². The lowest BCUT2D eigenvalue weighted by Gasteiger charge is -2.17. The first-order chi connectivity index (χ1) is 10.3. The van der Waals surface area contributed by atoms with E-state index in [1.807, 2.05) is 36.4 Å². The van der Waals surface area contributed by atoms with Gasteiger partial charge in [0.2, 0.25) is 0 Å². The fourth-order valence-electron chi connectivity index (χ4n) is 2.38. The van der Waals surface area contributed by atoms with E-state index in [4.69, 9.17) is 4.74 Å². The van der Waals surface area contributed by atoms with Crippen molar-refractivity contribution in [3.8, 4) is 5.75 Å². The lowest BCUT2D eigenvalue weighted by Crippen LogP contribution is -2.14. The van der Waals surface area contributed by atoms with E-state index in [1.54, 1.807) is 18.4 Å². The Labute approximate surface area is 127 Å². The number of aliphatic hydroxyl groups excluding tert-OH is 1. The van der Waals surface area contributed by atoms with Crippen LogP contribution in [0.15, 0.2) is 53.9 Å². The number of benzene rings is 2. The lowest BCUT2D eigenvalue weighted by atomic mass is 10.1. The number of ether oxygens (including phenoxy) is 1. The van der Waals surface area contributed by atoms with Gasteiger partial charge in [-0.3, -0.25) is 0 Å². The highest BCUT2D eigenvalue weighted by Gasteiger charge is 2.14. The molecule has 1 atom stereocenters. The molecule has 3 rings (SSSR count). The first kappa shape index (κ1) is 13.9. The summed E-state index contributed by atoms with van der Waals surface area (Å²) in [7, 11) is 1.65. The van der Waals surface area contributed by atoms with Crippen molar-refractivity contribution in [2.45, 2.75) is 6.04 Å². The average Bonchev–Trinajstić information content (AvgIpc) is 2.97. The molecule has 21 heavy (non-hydrogen) atoms. The second kappa shape index (κ2) is 6.16. The SMILES string of the molecule is COc1ccc(NC(CO)c2csc3ccccc23)cc1. The first-order valence-corrected chi connectivity index (χ1v) is 7.67. The monoisotopic (exact) mass is 299 g/mol. The van der Waals surface area contributed by atoms with Gasteiger partial charge in [-0.15, -0.1) is 11.3 Å². The van der Waals surface area contributed by atoms with Crippen LogP contribution in [0.5, 0.6) is 5.75 Å². The minimum absolute atomic E-state index is 0.0484.